The van der Waals surface area contributed by atoms with Gasteiger partial charge in [0.1, 0.15) is 0 Å². The van der Waals surface area contributed by atoms with Crippen molar-refractivity contribution in [2.45, 2.75) is 6.17 Å². The second-order valence-electron chi connectivity index (χ2n) is 2.58. The first-order valence-electron chi connectivity index (χ1n) is 3.27. The van der Waals surface area contributed by atoms with Crippen LogP contribution in [-0.4, -0.2) is 19.0 Å². The van der Waals surface area contributed by atoms with Crippen molar-refractivity contribution in [3.63, 3.8) is 0 Å². The molecule has 0 aromatic carbocycles. The minimum Gasteiger partial charge on any atom is -0.311 e. The Balaban J connectivity index is 2.76. The molecule has 1 atom stereocenters. The van der Waals surface area contributed by atoms with E-state index in [1.807, 2.05) is 24.4 Å². The number of nitrogens with zero attached hydrogens (tertiary/aromatic N) is 1. The Hall–Kier alpha value is 0.1000. The average molecular weight is 235 g/mol. The van der Waals surface area contributed by atoms with E-state index in [1.165, 1.54) is 4.88 Å². The molecule has 4 heteroatoms. The Morgan fingerprint density at radius 1 is 1.64 bits per heavy atom. The molecule has 0 fully saturated rings. The molecule has 0 radical (unpaired) electrons. The summed E-state index contributed by atoms with van der Waals surface area (Å²) in [6.07, 6.45) is 0.0197. The first kappa shape index (κ1) is 9.19. The maximum atomic E-state index is 5.87. The molecule has 62 valence electrons. The highest BCUT2D eigenvalue weighted by molar-refractivity contribution is 9.10. The minimum absolute atomic E-state index is 0.0197. The first-order valence-corrected chi connectivity index (χ1v) is 4.94. The summed E-state index contributed by atoms with van der Waals surface area (Å²) in [5.41, 5.74) is 5.87. The topological polar surface area (TPSA) is 29.3 Å². The summed E-state index contributed by atoms with van der Waals surface area (Å²) in [6.45, 7) is 0. The van der Waals surface area contributed by atoms with Crippen LogP contribution in [0.15, 0.2) is 15.9 Å². The summed E-state index contributed by atoms with van der Waals surface area (Å²) in [7, 11) is 3.94. The van der Waals surface area contributed by atoms with Crippen LogP contribution < -0.4 is 5.73 Å². The number of hydrogen-bond acceptors (Lipinski definition) is 3. The molecular weight excluding hydrogens is 224 g/mol. The van der Waals surface area contributed by atoms with E-state index in [-0.39, 0.29) is 6.17 Å². The van der Waals surface area contributed by atoms with E-state index in [2.05, 4.69) is 22.0 Å². The fourth-order valence-electron chi connectivity index (χ4n) is 0.738. The molecule has 0 aliphatic carbocycles. The third-order valence-corrected chi connectivity index (χ3v) is 3.20. The quantitative estimate of drug-likeness (QED) is 0.794. The van der Waals surface area contributed by atoms with Gasteiger partial charge in [-0.15, -0.1) is 11.3 Å². The Morgan fingerprint density at radius 2 is 2.27 bits per heavy atom. The van der Waals surface area contributed by atoms with Gasteiger partial charge in [0.25, 0.3) is 0 Å². The molecule has 1 rings (SSSR count). The number of nitrogens with two attached hydrogens (primary N) is 1. The van der Waals surface area contributed by atoms with Crippen molar-refractivity contribution in [1.29, 1.82) is 0 Å². The fourth-order valence-corrected chi connectivity index (χ4v) is 2.28. The van der Waals surface area contributed by atoms with E-state index in [9.17, 15) is 0 Å². The van der Waals surface area contributed by atoms with Crippen molar-refractivity contribution in [2.24, 2.45) is 5.73 Å². The molecule has 1 heterocycles. The molecule has 0 spiro atoms. The summed E-state index contributed by atoms with van der Waals surface area (Å²) < 4.78 is 1.11. The van der Waals surface area contributed by atoms with Gasteiger partial charge in [0.05, 0.1) is 6.17 Å². The van der Waals surface area contributed by atoms with Gasteiger partial charge in [-0.1, -0.05) is 0 Å². The van der Waals surface area contributed by atoms with Gasteiger partial charge in [0, 0.05) is 14.7 Å². The molecule has 0 amide bonds. The lowest BCUT2D eigenvalue weighted by Gasteiger charge is -2.17. The van der Waals surface area contributed by atoms with Gasteiger partial charge in [0.2, 0.25) is 0 Å². The summed E-state index contributed by atoms with van der Waals surface area (Å²) in [5, 5.41) is 2.04. The zero-order valence-electron chi connectivity index (χ0n) is 6.54. The van der Waals surface area contributed by atoms with E-state index in [0.29, 0.717) is 0 Å². The second-order valence-corrected chi connectivity index (χ2v) is 4.43. The SMILES string of the molecule is CN(C)C(N)c1cc(Br)cs1. The largest absolute Gasteiger partial charge is 0.311 e. The van der Waals surface area contributed by atoms with Crippen molar-refractivity contribution in [1.82, 2.24) is 4.90 Å². The normalized spacial score (nSPS) is 13.9. The molecule has 11 heavy (non-hydrogen) atoms. The van der Waals surface area contributed by atoms with Crippen molar-refractivity contribution in [2.75, 3.05) is 14.1 Å². The molecule has 2 N–H and O–H groups in total. The van der Waals surface area contributed by atoms with E-state index in [0.717, 1.165) is 4.47 Å². The smallest absolute Gasteiger partial charge is 0.0925 e. The third kappa shape index (κ3) is 2.27. The van der Waals surface area contributed by atoms with Crippen LogP contribution in [-0.2, 0) is 0 Å². The van der Waals surface area contributed by atoms with Crippen LogP contribution in [0, 0.1) is 0 Å². The zero-order chi connectivity index (χ0) is 8.43. The van der Waals surface area contributed by atoms with Crippen molar-refractivity contribution in [3.05, 3.63) is 20.8 Å². The molecule has 1 aromatic rings. The lowest BCUT2D eigenvalue weighted by Crippen LogP contribution is -2.26. The fraction of sp³-hybridized carbons (Fsp3) is 0.429. The minimum atomic E-state index is 0.0197. The van der Waals surface area contributed by atoms with Crippen LogP contribution in [0.3, 0.4) is 0 Å². The third-order valence-electron chi connectivity index (χ3n) is 1.44. The Labute approximate surface area is 79.1 Å². The number of halogens is 1. The predicted molar refractivity (Wildman–Crippen MR) is 52.6 cm³/mol. The summed E-state index contributed by atoms with van der Waals surface area (Å²) in [5.74, 6) is 0. The molecule has 0 bridgehead atoms. The van der Waals surface area contributed by atoms with Crippen LogP contribution in [0.5, 0.6) is 0 Å². The highest BCUT2D eigenvalue weighted by Gasteiger charge is 2.09. The second kappa shape index (κ2) is 3.67. The highest BCUT2D eigenvalue weighted by Crippen LogP contribution is 2.24. The molecule has 2 nitrogen and oxygen atoms in total. The van der Waals surface area contributed by atoms with Crippen molar-refractivity contribution >= 4 is 27.3 Å². The van der Waals surface area contributed by atoms with Gasteiger partial charge in [-0.3, -0.25) is 4.90 Å². The van der Waals surface area contributed by atoms with Crippen LogP contribution in [0.25, 0.3) is 0 Å². The zero-order valence-corrected chi connectivity index (χ0v) is 8.95. The van der Waals surface area contributed by atoms with Gasteiger partial charge < -0.3 is 5.73 Å². The van der Waals surface area contributed by atoms with Gasteiger partial charge in [-0.2, -0.15) is 0 Å². The molecule has 0 aliphatic rings. The number of rotatable bonds is 2. The molecule has 0 saturated heterocycles. The maximum absolute atomic E-state index is 5.87. The lowest BCUT2D eigenvalue weighted by molar-refractivity contribution is 0.311. The Bertz CT molecular complexity index is 234. The highest BCUT2D eigenvalue weighted by atomic mass is 79.9. The summed E-state index contributed by atoms with van der Waals surface area (Å²) >= 11 is 5.06. The molecule has 1 aromatic heterocycles. The Kier molecular flexibility index (Phi) is 3.06. The van der Waals surface area contributed by atoms with Crippen LogP contribution in [0.4, 0.5) is 0 Å². The van der Waals surface area contributed by atoms with Crippen LogP contribution in [0.1, 0.15) is 11.0 Å². The maximum Gasteiger partial charge on any atom is 0.0925 e. The van der Waals surface area contributed by atoms with Crippen LogP contribution >= 0.6 is 27.3 Å². The van der Waals surface area contributed by atoms with E-state index >= 15 is 0 Å². The molecule has 1 unspecified atom stereocenters. The predicted octanol–water partition coefficient (Wildman–Crippen LogP) is 2.03. The van der Waals surface area contributed by atoms with Crippen molar-refractivity contribution < 1.29 is 0 Å². The lowest BCUT2D eigenvalue weighted by atomic mass is 10.4. The first-order chi connectivity index (χ1) is 5.11. The van der Waals surface area contributed by atoms with Gasteiger partial charge >= 0.3 is 0 Å². The van der Waals surface area contributed by atoms with Crippen LogP contribution in [0.2, 0.25) is 0 Å². The Morgan fingerprint density at radius 3 is 2.64 bits per heavy atom. The van der Waals surface area contributed by atoms with Crippen molar-refractivity contribution in [3.8, 4) is 0 Å². The molecule has 0 saturated carbocycles. The van der Waals surface area contributed by atoms with E-state index in [4.69, 9.17) is 5.73 Å². The van der Waals surface area contributed by atoms with E-state index in [1.54, 1.807) is 11.3 Å². The molecule has 0 aliphatic heterocycles. The monoisotopic (exact) mass is 234 g/mol. The standard InChI is InChI=1S/C7H11BrN2S/c1-10(2)7(9)6-3-5(8)4-11-6/h3-4,7H,9H2,1-2H3. The number of hydrogen-bond donors (Lipinski definition) is 1. The summed E-state index contributed by atoms with van der Waals surface area (Å²) in [4.78, 5) is 3.17. The number of thiophene rings is 1. The average Bonchev–Trinajstić information content (AvgIpc) is 2.34. The van der Waals surface area contributed by atoms with E-state index < -0.39 is 0 Å². The van der Waals surface area contributed by atoms with Gasteiger partial charge in [-0.25, -0.2) is 0 Å². The van der Waals surface area contributed by atoms with Gasteiger partial charge in [0.15, 0.2) is 0 Å². The van der Waals surface area contributed by atoms with Gasteiger partial charge in [-0.05, 0) is 36.1 Å². The summed E-state index contributed by atoms with van der Waals surface area (Å²) in [6, 6.07) is 2.05. The molecular formula is C7H11BrN2S.